The van der Waals surface area contributed by atoms with Crippen LogP contribution in [0.1, 0.15) is 0 Å². The minimum Gasteiger partial charge on any atom is -0.394 e. The molecule has 2 fully saturated rings. The number of ether oxygens (including phenoxy) is 2. The summed E-state index contributed by atoms with van der Waals surface area (Å²) in [5, 5.41) is 61.2. The summed E-state index contributed by atoms with van der Waals surface area (Å²) in [7, 11) is 0. The smallest absolute Gasteiger partial charge is 0.280 e. The molecule has 14 heteroatoms. The van der Waals surface area contributed by atoms with Gasteiger partial charge in [-0.1, -0.05) is 0 Å². The van der Waals surface area contributed by atoms with Gasteiger partial charge in [-0.3, -0.25) is 14.3 Å². The van der Waals surface area contributed by atoms with Crippen molar-refractivity contribution < 1.29 is 40.1 Å². The number of fused-ring (bicyclic) bond motifs is 1. The molecule has 0 aromatic carbocycles. The average Bonchev–Trinajstić information content (AvgIpc) is 3.21. The quantitative estimate of drug-likeness (QED) is 0.235. The molecule has 0 spiro atoms. The van der Waals surface area contributed by atoms with E-state index in [1.54, 1.807) is 0 Å². The molecule has 1 unspecified atom stereocenters. The Morgan fingerprint density at radius 2 is 1.97 bits per heavy atom. The molecule has 4 rings (SSSR count). The number of aliphatic hydroxyl groups excluding tert-OH is 6. The van der Waals surface area contributed by atoms with Gasteiger partial charge >= 0.3 is 0 Å². The van der Waals surface area contributed by atoms with E-state index in [9.17, 15) is 35.4 Å². The summed E-state index contributed by atoms with van der Waals surface area (Å²) in [5.41, 5.74) is 2.41. The van der Waals surface area contributed by atoms with Crippen LogP contribution in [-0.2, 0) is 15.2 Å². The lowest BCUT2D eigenvalue weighted by Gasteiger charge is -2.46. The van der Waals surface area contributed by atoms with E-state index in [1.165, 1.54) is 0 Å². The SMILES string of the molecule is Nc1nc2c(ncn2[C@]2(C3OC[C@@H](O)[C@@H](O)[C@H]3O)O[C@H](CO)[C@@H](O)[C@H]2O)c(=O)[nH]1. The Kier molecular flexibility index (Phi) is 4.83. The maximum absolute atomic E-state index is 12.1. The molecule has 4 heterocycles. The van der Waals surface area contributed by atoms with Crippen LogP contribution >= 0.6 is 0 Å². The summed E-state index contributed by atoms with van der Waals surface area (Å²) in [5.74, 6) is -0.272. The number of nitrogens with zero attached hydrogens (tertiary/aromatic N) is 3. The highest BCUT2D eigenvalue weighted by molar-refractivity contribution is 5.71. The zero-order valence-corrected chi connectivity index (χ0v) is 14.9. The number of nitrogens with one attached hydrogen (secondary N) is 1. The lowest BCUT2D eigenvalue weighted by atomic mass is 9.87. The van der Waals surface area contributed by atoms with Gasteiger partial charge in [-0.2, -0.15) is 4.98 Å². The highest BCUT2D eigenvalue weighted by Gasteiger charge is 2.64. The van der Waals surface area contributed by atoms with Crippen LogP contribution in [0.4, 0.5) is 5.95 Å². The van der Waals surface area contributed by atoms with E-state index in [2.05, 4.69) is 15.0 Å². The van der Waals surface area contributed by atoms with Gasteiger partial charge in [0, 0.05) is 0 Å². The Hall–Kier alpha value is -2.17. The molecule has 2 aromatic heterocycles. The third-order valence-electron chi connectivity index (χ3n) is 5.36. The molecule has 14 nitrogen and oxygen atoms in total. The van der Waals surface area contributed by atoms with Crippen LogP contribution in [0.15, 0.2) is 11.1 Å². The number of aliphatic hydroxyl groups is 6. The third kappa shape index (κ3) is 2.77. The fourth-order valence-corrected chi connectivity index (χ4v) is 3.90. The summed E-state index contributed by atoms with van der Waals surface area (Å²) in [6, 6.07) is 0. The number of nitrogen functional groups attached to an aromatic ring is 1. The summed E-state index contributed by atoms with van der Waals surface area (Å²) in [6.45, 7) is -1.12. The topological polar surface area (TPSA) is 229 Å². The molecular formula is C15H21N5O9. The molecule has 0 aliphatic carbocycles. The average molecular weight is 415 g/mol. The molecule has 0 bridgehead atoms. The molecule has 2 aromatic rings. The Morgan fingerprint density at radius 1 is 1.24 bits per heavy atom. The number of imidazole rings is 1. The van der Waals surface area contributed by atoms with E-state index in [-0.39, 0.29) is 17.1 Å². The van der Waals surface area contributed by atoms with Crippen LogP contribution in [0.2, 0.25) is 0 Å². The molecule has 0 amide bonds. The zero-order chi connectivity index (χ0) is 21.1. The number of aromatic nitrogens is 4. The molecule has 160 valence electrons. The van der Waals surface area contributed by atoms with Crippen molar-refractivity contribution in [2.75, 3.05) is 18.9 Å². The van der Waals surface area contributed by atoms with Crippen LogP contribution in [0.5, 0.6) is 0 Å². The first kappa shape index (κ1) is 20.1. The van der Waals surface area contributed by atoms with Gasteiger partial charge in [-0.05, 0) is 0 Å². The van der Waals surface area contributed by atoms with Gasteiger partial charge in [0.25, 0.3) is 5.56 Å². The Bertz CT molecular complexity index is 965. The molecule has 2 aliphatic heterocycles. The van der Waals surface area contributed by atoms with E-state index in [0.717, 1.165) is 10.9 Å². The van der Waals surface area contributed by atoms with Gasteiger partial charge in [-0.25, -0.2) is 4.98 Å². The minimum atomic E-state index is -2.17. The largest absolute Gasteiger partial charge is 0.394 e. The van der Waals surface area contributed by atoms with Crippen molar-refractivity contribution >= 4 is 17.1 Å². The second kappa shape index (κ2) is 6.96. The van der Waals surface area contributed by atoms with Crippen molar-refractivity contribution in [3.05, 3.63) is 16.7 Å². The van der Waals surface area contributed by atoms with Crippen molar-refractivity contribution in [1.29, 1.82) is 0 Å². The second-order valence-electron chi connectivity index (χ2n) is 7.07. The van der Waals surface area contributed by atoms with Crippen LogP contribution < -0.4 is 11.3 Å². The number of hydrogen-bond donors (Lipinski definition) is 8. The second-order valence-corrected chi connectivity index (χ2v) is 7.07. The van der Waals surface area contributed by atoms with E-state index in [1.807, 2.05) is 0 Å². The van der Waals surface area contributed by atoms with Crippen molar-refractivity contribution in [3.8, 4) is 0 Å². The van der Waals surface area contributed by atoms with Gasteiger partial charge in [0.15, 0.2) is 11.2 Å². The first-order valence-corrected chi connectivity index (χ1v) is 8.76. The normalized spacial score (nSPS) is 40.6. The first-order valence-electron chi connectivity index (χ1n) is 8.76. The predicted octanol–water partition coefficient (Wildman–Crippen LogP) is -5.05. The number of aromatic amines is 1. The van der Waals surface area contributed by atoms with Gasteiger partial charge in [-0.15, -0.1) is 0 Å². The van der Waals surface area contributed by atoms with Crippen LogP contribution in [0, 0.1) is 0 Å². The number of anilines is 1. The Balaban J connectivity index is 1.95. The van der Waals surface area contributed by atoms with Crippen LogP contribution in [0.3, 0.4) is 0 Å². The minimum absolute atomic E-state index is 0.160. The Morgan fingerprint density at radius 3 is 2.62 bits per heavy atom. The summed E-state index contributed by atoms with van der Waals surface area (Å²) < 4.78 is 12.3. The number of nitrogens with two attached hydrogens (primary N) is 1. The molecule has 9 N–H and O–H groups in total. The number of H-pyrrole nitrogens is 1. The van der Waals surface area contributed by atoms with E-state index < -0.39 is 67.2 Å². The standard InChI is InChI=1S/C15H21N5O9/c16-14-18-12-6(13(27)19-14)17-3-20(12)15(10(26)8(24)5(1-21)29-15)11-9(25)7(23)4(22)2-28-11/h3-5,7-11,21-26H,1-2H2,(H3,16,18,19,27)/t4-,5-,7-,8-,9-,10-,11?,15+/m1/s1. The number of hydrogen-bond acceptors (Lipinski definition) is 12. The van der Waals surface area contributed by atoms with Gasteiger partial charge in [0.05, 0.1) is 19.5 Å². The monoisotopic (exact) mass is 415 g/mol. The van der Waals surface area contributed by atoms with Gasteiger partial charge < -0.3 is 45.8 Å². The molecule has 29 heavy (non-hydrogen) atoms. The molecule has 0 radical (unpaired) electrons. The summed E-state index contributed by atoms with van der Waals surface area (Å²) >= 11 is 0. The van der Waals surface area contributed by atoms with Crippen molar-refractivity contribution in [2.24, 2.45) is 0 Å². The maximum atomic E-state index is 12.1. The lowest BCUT2D eigenvalue weighted by molar-refractivity contribution is -0.286. The maximum Gasteiger partial charge on any atom is 0.280 e. The van der Waals surface area contributed by atoms with Gasteiger partial charge in [0.1, 0.15) is 42.7 Å². The van der Waals surface area contributed by atoms with E-state index >= 15 is 0 Å². The van der Waals surface area contributed by atoms with Gasteiger partial charge in [0.2, 0.25) is 11.7 Å². The van der Waals surface area contributed by atoms with Crippen LogP contribution in [0.25, 0.3) is 11.2 Å². The van der Waals surface area contributed by atoms with Crippen molar-refractivity contribution in [2.45, 2.75) is 48.5 Å². The summed E-state index contributed by atoms with van der Waals surface area (Å²) in [4.78, 5) is 22.3. The highest BCUT2D eigenvalue weighted by atomic mass is 16.6. The predicted molar refractivity (Wildman–Crippen MR) is 92.3 cm³/mol. The molecular weight excluding hydrogens is 394 g/mol. The third-order valence-corrected chi connectivity index (χ3v) is 5.36. The van der Waals surface area contributed by atoms with E-state index in [4.69, 9.17) is 15.2 Å². The fraction of sp³-hybridized carbons (Fsp3) is 0.667. The zero-order valence-electron chi connectivity index (χ0n) is 14.9. The summed E-state index contributed by atoms with van der Waals surface area (Å²) in [6.07, 6.45) is -10.1. The fourth-order valence-electron chi connectivity index (χ4n) is 3.90. The number of rotatable bonds is 3. The first-order chi connectivity index (χ1) is 13.7. The lowest BCUT2D eigenvalue weighted by Crippen LogP contribution is -2.65. The van der Waals surface area contributed by atoms with Crippen LogP contribution in [-0.4, -0.2) is 106 Å². The van der Waals surface area contributed by atoms with Crippen molar-refractivity contribution in [1.82, 2.24) is 19.5 Å². The highest BCUT2D eigenvalue weighted by Crippen LogP contribution is 2.43. The molecule has 0 saturated carbocycles. The Labute approximate surface area is 161 Å². The van der Waals surface area contributed by atoms with Crippen molar-refractivity contribution in [3.63, 3.8) is 0 Å². The molecule has 2 saturated heterocycles. The van der Waals surface area contributed by atoms with E-state index in [0.29, 0.717) is 0 Å². The molecule has 2 aliphatic rings. The molecule has 8 atom stereocenters.